The second kappa shape index (κ2) is 11.5. The van der Waals surface area contributed by atoms with Crippen LogP contribution in [0.3, 0.4) is 0 Å². The lowest BCUT2D eigenvalue weighted by Gasteiger charge is -2.57. The van der Waals surface area contributed by atoms with Crippen molar-refractivity contribution in [2.45, 2.75) is 90.0 Å². The third kappa shape index (κ3) is 5.77. The molecule has 6 rings (SSSR count). The lowest BCUT2D eigenvalue weighted by atomic mass is 9.48. The Hall–Kier alpha value is -2.82. The zero-order chi connectivity index (χ0) is 26.7. The highest BCUT2D eigenvalue weighted by Gasteiger charge is 2.51. The van der Waals surface area contributed by atoms with Crippen LogP contribution >= 0.6 is 0 Å². The van der Waals surface area contributed by atoms with Crippen molar-refractivity contribution in [3.8, 4) is 5.75 Å². The summed E-state index contributed by atoms with van der Waals surface area (Å²) in [6.07, 6.45) is 11.3. The minimum atomic E-state index is -0.775. The maximum atomic E-state index is 13.1. The van der Waals surface area contributed by atoms with E-state index in [1.807, 2.05) is 37.3 Å². The number of rotatable bonds is 12. The molecule has 1 amide bonds. The summed E-state index contributed by atoms with van der Waals surface area (Å²) < 4.78 is 6.01. The minimum Gasteiger partial charge on any atom is -0.493 e. The van der Waals surface area contributed by atoms with Crippen LogP contribution < -0.4 is 10.1 Å². The molecule has 0 heterocycles. The topological polar surface area (TPSA) is 75.6 Å². The van der Waals surface area contributed by atoms with E-state index in [-0.39, 0.29) is 5.91 Å². The third-order valence-corrected chi connectivity index (χ3v) is 9.44. The first-order valence-corrected chi connectivity index (χ1v) is 14.7. The zero-order valence-electron chi connectivity index (χ0n) is 23.0. The van der Waals surface area contributed by atoms with Crippen molar-refractivity contribution in [1.29, 1.82) is 0 Å². The van der Waals surface area contributed by atoms with Gasteiger partial charge in [-0.15, -0.1) is 0 Å². The second-order valence-corrected chi connectivity index (χ2v) is 12.2. The number of carboxylic acid groups (broad SMARTS) is 1. The molecule has 4 aliphatic carbocycles. The van der Waals surface area contributed by atoms with Gasteiger partial charge in [-0.1, -0.05) is 44.5 Å². The largest absolute Gasteiger partial charge is 0.493 e. The highest BCUT2D eigenvalue weighted by molar-refractivity contribution is 5.94. The summed E-state index contributed by atoms with van der Waals surface area (Å²) in [5.41, 5.74) is 4.28. The van der Waals surface area contributed by atoms with Crippen molar-refractivity contribution in [3.63, 3.8) is 0 Å². The average molecular weight is 518 g/mol. The molecule has 5 nitrogen and oxygen atoms in total. The summed E-state index contributed by atoms with van der Waals surface area (Å²) in [5.74, 6) is 2.16. The smallest absolute Gasteiger partial charge is 0.306 e. The van der Waals surface area contributed by atoms with E-state index in [4.69, 9.17) is 4.74 Å². The zero-order valence-corrected chi connectivity index (χ0v) is 23.0. The number of carbonyl (C=O) groups is 2. The summed E-state index contributed by atoms with van der Waals surface area (Å²) in [5, 5.41) is 12.6. The molecule has 38 heavy (non-hydrogen) atoms. The number of ether oxygens (including phenoxy) is 1. The van der Waals surface area contributed by atoms with E-state index in [1.54, 1.807) is 0 Å². The van der Waals surface area contributed by atoms with Crippen molar-refractivity contribution >= 4 is 11.9 Å². The van der Waals surface area contributed by atoms with Gasteiger partial charge in [0.15, 0.2) is 0 Å². The Bertz CT molecular complexity index is 1100. The normalized spacial score (nSPS) is 26.2. The van der Waals surface area contributed by atoms with Crippen LogP contribution in [-0.2, 0) is 23.2 Å². The molecule has 2 aromatic rings. The Morgan fingerprint density at radius 3 is 2.24 bits per heavy atom. The molecule has 4 aliphatic rings. The van der Waals surface area contributed by atoms with Gasteiger partial charge in [0.2, 0.25) is 0 Å². The van der Waals surface area contributed by atoms with E-state index in [2.05, 4.69) is 24.4 Å². The summed E-state index contributed by atoms with van der Waals surface area (Å²) in [6.45, 7) is 4.99. The highest BCUT2D eigenvalue weighted by Crippen LogP contribution is 2.60. The van der Waals surface area contributed by atoms with E-state index in [1.165, 1.54) is 44.1 Å². The second-order valence-electron chi connectivity index (χ2n) is 12.2. The number of nitrogens with one attached hydrogen (secondary N) is 1. The third-order valence-electron chi connectivity index (χ3n) is 9.44. The maximum Gasteiger partial charge on any atom is 0.306 e. The Kier molecular flexibility index (Phi) is 8.11. The van der Waals surface area contributed by atoms with Crippen LogP contribution in [0.2, 0.25) is 0 Å². The number of carboxylic acids is 1. The lowest BCUT2D eigenvalue weighted by Crippen LogP contribution is -2.48. The Morgan fingerprint density at radius 1 is 1.00 bits per heavy atom. The molecule has 2 N–H and O–H groups in total. The van der Waals surface area contributed by atoms with E-state index >= 15 is 0 Å². The van der Waals surface area contributed by atoms with Crippen LogP contribution in [0.15, 0.2) is 42.5 Å². The van der Waals surface area contributed by atoms with Gasteiger partial charge in [0.25, 0.3) is 5.91 Å². The highest BCUT2D eigenvalue weighted by atomic mass is 16.5. The number of benzene rings is 2. The summed E-state index contributed by atoms with van der Waals surface area (Å²) in [6, 6.07) is 14.3. The van der Waals surface area contributed by atoms with Crippen molar-refractivity contribution in [1.82, 2.24) is 5.32 Å². The van der Waals surface area contributed by atoms with Gasteiger partial charge in [-0.2, -0.15) is 0 Å². The number of aliphatic carboxylic acids is 1. The van der Waals surface area contributed by atoms with Gasteiger partial charge >= 0.3 is 5.97 Å². The molecule has 0 saturated heterocycles. The van der Waals surface area contributed by atoms with E-state index in [0.717, 1.165) is 47.5 Å². The van der Waals surface area contributed by atoms with Crippen LogP contribution in [0, 0.1) is 23.7 Å². The van der Waals surface area contributed by atoms with Gasteiger partial charge in [0.1, 0.15) is 5.75 Å². The van der Waals surface area contributed by atoms with Gasteiger partial charge < -0.3 is 15.2 Å². The molecule has 0 radical (unpaired) electrons. The molecule has 204 valence electrons. The first-order valence-electron chi connectivity index (χ1n) is 14.7. The molecule has 1 unspecified atom stereocenters. The first-order chi connectivity index (χ1) is 18.4. The summed E-state index contributed by atoms with van der Waals surface area (Å²) in [4.78, 5) is 24.7. The molecule has 1 atom stereocenters. The SMILES string of the molecule is CCCCOc1ccc(CC(CC)C(=O)O)cc1CNC(=O)c1ccc(C23CC4CC(CC(C4)C2)C3)cc1. The molecule has 2 aromatic carbocycles. The Balaban J connectivity index is 1.26. The number of unbranched alkanes of at least 4 members (excludes halogenated alkanes) is 1. The Labute approximate surface area is 227 Å². The summed E-state index contributed by atoms with van der Waals surface area (Å²) in [7, 11) is 0. The molecule has 0 aromatic heterocycles. The molecular weight excluding hydrogens is 474 g/mol. The lowest BCUT2D eigenvalue weighted by molar-refractivity contribution is -0.141. The maximum absolute atomic E-state index is 13.1. The first kappa shape index (κ1) is 26.8. The van der Waals surface area contributed by atoms with Gasteiger partial charge in [-0.05, 0) is 110 Å². The van der Waals surface area contributed by atoms with E-state index in [9.17, 15) is 14.7 Å². The average Bonchev–Trinajstić information content (AvgIpc) is 2.90. The summed E-state index contributed by atoms with van der Waals surface area (Å²) >= 11 is 0. The molecule has 0 spiro atoms. The molecule has 5 heteroatoms. The van der Waals surface area contributed by atoms with Crippen LogP contribution in [0.5, 0.6) is 5.75 Å². The van der Waals surface area contributed by atoms with Crippen molar-refractivity contribution in [2.24, 2.45) is 23.7 Å². The molecule has 4 saturated carbocycles. The number of hydrogen-bond donors (Lipinski definition) is 2. The van der Waals surface area contributed by atoms with Crippen LogP contribution in [0.1, 0.15) is 98.7 Å². The van der Waals surface area contributed by atoms with Crippen LogP contribution in [0.25, 0.3) is 0 Å². The molecule has 4 bridgehead atoms. The minimum absolute atomic E-state index is 0.0936. The fraction of sp³-hybridized carbons (Fsp3) is 0.576. The van der Waals surface area contributed by atoms with Gasteiger partial charge in [-0.25, -0.2) is 0 Å². The molecular formula is C33H43NO4. The Morgan fingerprint density at radius 2 is 1.66 bits per heavy atom. The van der Waals surface area contributed by atoms with E-state index < -0.39 is 11.9 Å². The van der Waals surface area contributed by atoms with Crippen molar-refractivity contribution in [2.75, 3.05) is 6.61 Å². The van der Waals surface area contributed by atoms with Gasteiger partial charge in [0.05, 0.1) is 12.5 Å². The number of carbonyl (C=O) groups excluding carboxylic acids is 1. The predicted molar refractivity (Wildman–Crippen MR) is 149 cm³/mol. The molecule has 4 fully saturated rings. The van der Waals surface area contributed by atoms with Crippen molar-refractivity contribution < 1.29 is 19.4 Å². The van der Waals surface area contributed by atoms with Crippen LogP contribution in [0.4, 0.5) is 0 Å². The van der Waals surface area contributed by atoms with Crippen molar-refractivity contribution in [3.05, 3.63) is 64.7 Å². The fourth-order valence-electron chi connectivity index (χ4n) is 7.77. The number of hydrogen-bond acceptors (Lipinski definition) is 3. The predicted octanol–water partition coefficient (Wildman–Crippen LogP) is 6.92. The molecule has 0 aliphatic heterocycles. The van der Waals surface area contributed by atoms with Crippen LogP contribution in [-0.4, -0.2) is 23.6 Å². The number of amides is 1. The quantitative estimate of drug-likeness (QED) is 0.300. The standard InChI is InChI=1S/C33H43NO4/c1-3-5-12-38-30-11-6-22(16-26(4-2)32(36)37)17-28(30)21-34-31(35)27-7-9-29(10-8-27)33-18-23-13-24(19-33)15-25(14-23)20-33/h6-11,17,23-26H,3-5,12-16,18-21H2,1-2H3,(H,34,35)(H,36,37). The van der Waals surface area contributed by atoms with Gasteiger partial charge in [0, 0.05) is 17.7 Å². The van der Waals surface area contributed by atoms with Gasteiger partial charge in [-0.3, -0.25) is 9.59 Å². The van der Waals surface area contributed by atoms with E-state index in [0.29, 0.717) is 37.0 Å². The monoisotopic (exact) mass is 517 g/mol. The fourth-order valence-corrected chi connectivity index (χ4v) is 7.77.